The molecule has 4 nitrogen and oxygen atoms in total. The van der Waals surface area contributed by atoms with Crippen molar-refractivity contribution in [1.29, 1.82) is 0 Å². The van der Waals surface area contributed by atoms with Crippen molar-refractivity contribution >= 4 is 0 Å². The Morgan fingerprint density at radius 1 is 1.50 bits per heavy atom. The zero-order valence-electron chi connectivity index (χ0n) is 10.8. The first-order valence-electron chi connectivity index (χ1n) is 6.00. The molecule has 2 N–H and O–H groups in total. The number of nitrogens with zero attached hydrogens (tertiary/aromatic N) is 3. The zero-order valence-corrected chi connectivity index (χ0v) is 10.8. The van der Waals surface area contributed by atoms with Crippen LogP contribution in [0.1, 0.15) is 32.5 Å². The lowest BCUT2D eigenvalue weighted by atomic mass is 10.1. The average molecular weight is 224 g/mol. The van der Waals surface area contributed by atoms with E-state index in [2.05, 4.69) is 42.3 Å². The van der Waals surface area contributed by atoms with Gasteiger partial charge in [0.1, 0.15) is 0 Å². The van der Waals surface area contributed by atoms with E-state index in [1.54, 1.807) is 0 Å². The van der Waals surface area contributed by atoms with E-state index < -0.39 is 0 Å². The molecule has 0 fully saturated rings. The summed E-state index contributed by atoms with van der Waals surface area (Å²) in [6.45, 7) is 9.20. The summed E-state index contributed by atoms with van der Waals surface area (Å²) < 4.78 is 2.16. The first-order chi connectivity index (χ1) is 7.60. The fourth-order valence-electron chi connectivity index (χ4n) is 2.10. The lowest BCUT2D eigenvalue weighted by Crippen LogP contribution is -2.34. The quantitative estimate of drug-likeness (QED) is 0.796. The maximum absolute atomic E-state index is 5.88. The van der Waals surface area contributed by atoms with E-state index in [1.165, 1.54) is 5.69 Å². The van der Waals surface area contributed by atoms with Gasteiger partial charge < -0.3 is 10.3 Å². The van der Waals surface area contributed by atoms with Gasteiger partial charge in [-0.05, 0) is 19.9 Å². The van der Waals surface area contributed by atoms with Crippen LogP contribution in [-0.4, -0.2) is 34.6 Å². The second-order valence-corrected chi connectivity index (χ2v) is 4.69. The van der Waals surface area contributed by atoms with E-state index >= 15 is 0 Å². The Bertz CT molecular complexity index is 306. The number of hydrogen-bond donors (Lipinski definition) is 1. The van der Waals surface area contributed by atoms with Crippen LogP contribution in [0.4, 0.5) is 0 Å². The number of hydrogen-bond acceptors (Lipinski definition) is 3. The van der Waals surface area contributed by atoms with Crippen LogP contribution in [0.5, 0.6) is 0 Å². The van der Waals surface area contributed by atoms with Gasteiger partial charge in [0.25, 0.3) is 0 Å². The highest BCUT2D eigenvalue weighted by Gasteiger charge is 2.19. The largest absolute Gasteiger partial charge is 0.333 e. The zero-order chi connectivity index (χ0) is 12.1. The van der Waals surface area contributed by atoms with Crippen molar-refractivity contribution in [1.82, 2.24) is 14.5 Å². The maximum Gasteiger partial charge on any atom is 0.0948 e. The molecule has 0 aliphatic rings. The average Bonchev–Trinajstić information content (AvgIpc) is 2.66. The van der Waals surface area contributed by atoms with Gasteiger partial charge in [0.2, 0.25) is 0 Å². The molecule has 0 saturated carbocycles. The molecular weight excluding hydrogens is 200 g/mol. The Morgan fingerprint density at radius 2 is 2.19 bits per heavy atom. The summed E-state index contributed by atoms with van der Waals surface area (Å²) in [5, 5.41) is 0. The summed E-state index contributed by atoms with van der Waals surface area (Å²) in [6.07, 6.45) is 3.80. The minimum Gasteiger partial charge on any atom is -0.333 e. The van der Waals surface area contributed by atoms with E-state index in [0.717, 1.165) is 13.1 Å². The van der Waals surface area contributed by atoms with Crippen molar-refractivity contribution in [3.63, 3.8) is 0 Å². The molecule has 0 aliphatic carbocycles. The molecule has 1 aromatic heterocycles. The Balaban J connectivity index is 2.81. The normalized spacial score (nSPS) is 13.7. The van der Waals surface area contributed by atoms with Gasteiger partial charge in [-0.3, -0.25) is 4.90 Å². The van der Waals surface area contributed by atoms with Crippen molar-refractivity contribution in [2.75, 3.05) is 20.1 Å². The summed E-state index contributed by atoms with van der Waals surface area (Å²) in [7, 11) is 2.13. The molecule has 1 rings (SSSR count). The summed E-state index contributed by atoms with van der Waals surface area (Å²) >= 11 is 0. The fourth-order valence-corrected chi connectivity index (χ4v) is 2.10. The number of nitrogens with two attached hydrogens (primary N) is 1. The summed E-state index contributed by atoms with van der Waals surface area (Å²) in [4.78, 5) is 6.52. The van der Waals surface area contributed by atoms with E-state index in [1.807, 2.05) is 12.5 Å². The third-order valence-corrected chi connectivity index (χ3v) is 2.84. The number of imidazole rings is 1. The standard InChI is InChI=1S/C12H24N4/c1-5-16-9-14-7-12(16)11(6-13)15(4)8-10(2)3/h7,9-11H,5-6,8,13H2,1-4H3. The van der Waals surface area contributed by atoms with Gasteiger partial charge in [0.05, 0.1) is 18.1 Å². The SMILES string of the molecule is CCn1cncc1C(CN)N(C)CC(C)C. The summed E-state index contributed by atoms with van der Waals surface area (Å²) in [5.41, 5.74) is 7.10. The first-order valence-corrected chi connectivity index (χ1v) is 6.00. The second-order valence-electron chi connectivity index (χ2n) is 4.69. The van der Waals surface area contributed by atoms with Crippen molar-refractivity contribution in [2.24, 2.45) is 11.7 Å². The number of rotatable bonds is 6. The van der Waals surface area contributed by atoms with Gasteiger partial charge >= 0.3 is 0 Å². The molecule has 0 amide bonds. The number of aryl methyl sites for hydroxylation is 1. The van der Waals surface area contributed by atoms with Crippen molar-refractivity contribution in [2.45, 2.75) is 33.4 Å². The lowest BCUT2D eigenvalue weighted by molar-refractivity contribution is 0.216. The monoisotopic (exact) mass is 224 g/mol. The van der Waals surface area contributed by atoms with Crippen LogP contribution in [0.25, 0.3) is 0 Å². The molecular formula is C12H24N4. The first kappa shape index (κ1) is 13.2. The van der Waals surface area contributed by atoms with Crippen LogP contribution in [0, 0.1) is 5.92 Å². The van der Waals surface area contributed by atoms with Gasteiger partial charge in [0, 0.05) is 25.8 Å². The number of aromatic nitrogens is 2. The van der Waals surface area contributed by atoms with Gasteiger partial charge in [-0.1, -0.05) is 13.8 Å². The Labute approximate surface area is 98.5 Å². The molecule has 1 aromatic rings. The highest BCUT2D eigenvalue weighted by Crippen LogP contribution is 2.18. The van der Waals surface area contributed by atoms with E-state index in [4.69, 9.17) is 5.73 Å². The predicted octanol–water partition coefficient (Wildman–Crippen LogP) is 1.49. The van der Waals surface area contributed by atoms with Crippen molar-refractivity contribution in [3.05, 3.63) is 18.2 Å². The topological polar surface area (TPSA) is 47.1 Å². The second kappa shape index (κ2) is 6.01. The van der Waals surface area contributed by atoms with Crippen LogP contribution in [0.3, 0.4) is 0 Å². The molecule has 92 valence electrons. The molecule has 0 bridgehead atoms. The van der Waals surface area contributed by atoms with Crippen molar-refractivity contribution < 1.29 is 0 Å². The van der Waals surface area contributed by atoms with E-state index in [-0.39, 0.29) is 6.04 Å². The summed E-state index contributed by atoms with van der Waals surface area (Å²) in [6, 6.07) is 0.268. The molecule has 0 aromatic carbocycles. The molecule has 1 unspecified atom stereocenters. The smallest absolute Gasteiger partial charge is 0.0948 e. The predicted molar refractivity (Wildman–Crippen MR) is 67.2 cm³/mol. The maximum atomic E-state index is 5.88. The van der Waals surface area contributed by atoms with Gasteiger partial charge in [-0.2, -0.15) is 0 Å². The molecule has 0 radical (unpaired) electrons. The molecule has 0 saturated heterocycles. The van der Waals surface area contributed by atoms with Crippen molar-refractivity contribution in [3.8, 4) is 0 Å². The molecule has 0 spiro atoms. The number of likely N-dealkylation sites (N-methyl/N-ethyl adjacent to an activating group) is 1. The third-order valence-electron chi connectivity index (χ3n) is 2.84. The fraction of sp³-hybridized carbons (Fsp3) is 0.750. The van der Waals surface area contributed by atoms with Gasteiger partial charge in [-0.15, -0.1) is 0 Å². The Hall–Kier alpha value is -0.870. The molecule has 4 heteroatoms. The molecule has 1 atom stereocenters. The minimum absolute atomic E-state index is 0.268. The summed E-state index contributed by atoms with van der Waals surface area (Å²) in [5.74, 6) is 0.650. The molecule has 0 aliphatic heterocycles. The van der Waals surface area contributed by atoms with Crippen LogP contribution in [0.15, 0.2) is 12.5 Å². The lowest BCUT2D eigenvalue weighted by Gasteiger charge is -2.28. The van der Waals surface area contributed by atoms with Gasteiger partial charge in [0.15, 0.2) is 0 Å². The van der Waals surface area contributed by atoms with Crippen LogP contribution in [-0.2, 0) is 6.54 Å². The van der Waals surface area contributed by atoms with E-state index in [9.17, 15) is 0 Å². The van der Waals surface area contributed by atoms with Gasteiger partial charge in [-0.25, -0.2) is 4.98 Å². The Kier molecular flexibility index (Phi) is 4.96. The third kappa shape index (κ3) is 3.06. The molecule has 1 heterocycles. The van der Waals surface area contributed by atoms with Crippen LogP contribution < -0.4 is 5.73 Å². The van der Waals surface area contributed by atoms with E-state index in [0.29, 0.717) is 12.5 Å². The highest BCUT2D eigenvalue weighted by molar-refractivity contribution is 5.06. The highest BCUT2D eigenvalue weighted by atomic mass is 15.2. The Morgan fingerprint density at radius 3 is 2.69 bits per heavy atom. The molecule has 16 heavy (non-hydrogen) atoms. The van der Waals surface area contributed by atoms with Crippen LogP contribution >= 0.6 is 0 Å². The van der Waals surface area contributed by atoms with Crippen LogP contribution in [0.2, 0.25) is 0 Å². The minimum atomic E-state index is 0.268.